The van der Waals surface area contributed by atoms with E-state index in [1.165, 1.54) is 44.9 Å². The summed E-state index contributed by atoms with van der Waals surface area (Å²) in [4.78, 5) is 0. The number of fused-ring (bicyclic) bond motifs is 4. The molecule has 0 amide bonds. The average molecular weight is 397 g/mol. The average Bonchev–Trinajstić information content (AvgIpc) is 3.23. The Morgan fingerprint density at radius 2 is 1.86 bits per heavy atom. The van der Waals surface area contributed by atoms with Crippen molar-refractivity contribution in [3.05, 3.63) is 23.8 Å². The van der Waals surface area contributed by atoms with E-state index in [-0.39, 0.29) is 6.10 Å². The predicted molar refractivity (Wildman–Crippen MR) is 121 cm³/mol. The van der Waals surface area contributed by atoms with Crippen molar-refractivity contribution in [2.45, 2.75) is 98.5 Å². The van der Waals surface area contributed by atoms with Gasteiger partial charge in [0.25, 0.3) is 0 Å². The van der Waals surface area contributed by atoms with Gasteiger partial charge in [-0.25, -0.2) is 0 Å². The van der Waals surface area contributed by atoms with Crippen LogP contribution in [0.5, 0.6) is 0 Å². The summed E-state index contributed by atoms with van der Waals surface area (Å²) in [6.07, 6.45) is 19.5. The van der Waals surface area contributed by atoms with E-state index < -0.39 is 0 Å². The van der Waals surface area contributed by atoms with E-state index in [1.807, 2.05) is 0 Å². The molecule has 0 aromatic rings. The zero-order chi connectivity index (χ0) is 20.6. The highest BCUT2D eigenvalue weighted by atomic mass is 16.3. The number of hydrogen-bond donors (Lipinski definition) is 1. The molecule has 5 aliphatic rings. The summed E-state index contributed by atoms with van der Waals surface area (Å²) >= 11 is 0. The van der Waals surface area contributed by atoms with Crippen LogP contribution >= 0.6 is 0 Å². The molecule has 1 spiro atoms. The van der Waals surface area contributed by atoms with E-state index in [0.29, 0.717) is 16.2 Å². The fourth-order valence-corrected chi connectivity index (χ4v) is 9.26. The minimum absolute atomic E-state index is 0.0956. The molecule has 162 valence electrons. The minimum atomic E-state index is -0.0956. The van der Waals surface area contributed by atoms with Crippen LogP contribution in [0.2, 0.25) is 0 Å². The lowest BCUT2D eigenvalue weighted by Crippen LogP contribution is -2.56. The van der Waals surface area contributed by atoms with E-state index >= 15 is 0 Å². The van der Waals surface area contributed by atoms with Gasteiger partial charge in [0, 0.05) is 5.41 Å². The van der Waals surface area contributed by atoms with Crippen molar-refractivity contribution in [3.63, 3.8) is 0 Å². The summed E-state index contributed by atoms with van der Waals surface area (Å²) in [6, 6.07) is 0. The molecule has 0 aromatic heterocycles. The van der Waals surface area contributed by atoms with Crippen LogP contribution < -0.4 is 0 Å². The molecule has 9 atom stereocenters. The molecule has 1 nitrogen and oxygen atoms in total. The highest BCUT2D eigenvalue weighted by Gasteiger charge is 2.68. The topological polar surface area (TPSA) is 20.2 Å². The summed E-state index contributed by atoms with van der Waals surface area (Å²) in [5.41, 5.74) is 2.82. The highest BCUT2D eigenvalue weighted by molar-refractivity contribution is 5.46. The Bertz CT molecular complexity index is 718. The van der Waals surface area contributed by atoms with Crippen LogP contribution in [0.25, 0.3) is 0 Å². The number of rotatable bonds is 5. The van der Waals surface area contributed by atoms with Gasteiger partial charge in [-0.1, -0.05) is 77.7 Å². The monoisotopic (exact) mass is 396 g/mol. The van der Waals surface area contributed by atoms with Gasteiger partial charge >= 0.3 is 0 Å². The maximum absolute atomic E-state index is 10.6. The van der Waals surface area contributed by atoms with Crippen molar-refractivity contribution in [2.24, 2.45) is 51.8 Å². The van der Waals surface area contributed by atoms with Crippen LogP contribution in [0.3, 0.4) is 0 Å². The van der Waals surface area contributed by atoms with Gasteiger partial charge in [-0.3, -0.25) is 0 Å². The van der Waals surface area contributed by atoms with E-state index in [0.717, 1.165) is 48.3 Å². The summed E-state index contributed by atoms with van der Waals surface area (Å²) in [5.74, 6) is 4.84. The molecule has 1 heteroatoms. The molecule has 0 aromatic carbocycles. The van der Waals surface area contributed by atoms with Crippen LogP contribution in [0.1, 0.15) is 92.4 Å². The standard InChI is InChI=1S/C28H44O/c1-18(2)7-6-8-19(3)23-9-10-24-22-11-14-28-16-20(28)15-21(29)17-27(28,5)25(22)12-13-26(23,24)4/h9-10,16,18-19,21-25,29H,6-8,11-15,17H2,1-5H3/t19-,21+,22?,23-,24?,25?,26-,27-,28?/m1/s1. The quantitative estimate of drug-likeness (QED) is 0.489. The molecule has 0 radical (unpaired) electrons. The lowest BCUT2D eigenvalue weighted by Gasteiger charge is -2.62. The maximum Gasteiger partial charge on any atom is 0.0583 e. The zero-order valence-corrected chi connectivity index (χ0v) is 19.6. The molecule has 3 fully saturated rings. The molecule has 0 saturated heterocycles. The van der Waals surface area contributed by atoms with Crippen LogP contribution in [-0.2, 0) is 0 Å². The second kappa shape index (κ2) is 6.72. The number of hydrogen-bond acceptors (Lipinski definition) is 1. The van der Waals surface area contributed by atoms with E-state index in [2.05, 4.69) is 52.8 Å². The van der Waals surface area contributed by atoms with Gasteiger partial charge in [0.2, 0.25) is 0 Å². The summed E-state index contributed by atoms with van der Waals surface area (Å²) in [7, 11) is 0. The SMILES string of the molecule is CC(C)CCC[C@@H](C)[C@H]1C=CC2C3CCC45C=C4C[C@H](O)C[C@]5(C)C3CC[C@@]21C. The van der Waals surface area contributed by atoms with Crippen molar-refractivity contribution in [3.8, 4) is 0 Å². The number of allylic oxidation sites excluding steroid dienone is 3. The molecule has 0 aliphatic heterocycles. The van der Waals surface area contributed by atoms with Crippen LogP contribution in [0.15, 0.2) is 23.8 Å². The molecule has 3 saturated carbocycles. The maximum atomic E-state index is 10.6. The second-order valence-corrected chi connectivity index (χ2v) is 12.7. The van der Waals surface area contributed by atoms with Crippen molar-refractivity contribution in [1.29, 1.82) is 0 Å². The van der Waals surface area contributed by atoms with Crippen molar-refractivity contribution in [1.82, 2.24) is 0 Å². The van der Waals surface area contributed by atoms with E-state index in [4.69, 9.17) is 0 Å². The van der Waals surface area contributed by atoms with Gasteiger partial charge in [0.1, 0.15) is 0 Å². The van der Waals surface area contributed by atoms with Crippen molar-refractivity contribution < 1.29 is 5.11 Å². The van der Waals surface area contributed by atoms with Crippen molar-refractivity contribution >= 4 is 0 Å². The molecule has 0 heterocycles. The van der Waals surface area contributed by atoms with Crippen LogP contribution in [-0.4, -0.2) is 11.2 Å². The molecule has 5 aliphatic carbocycles. The summed E-state index contributed by atoms with van der Waals surface area (Å²) < 4.78 is 0. The molecular formula is C28H44O. The minimum Gasteiger partial charge on any atom is -0.393 e. The summed E-state index contributed by atoms with van der Waals surface area (Å²) in [5, 5.41) is 10.6. The first-order chi connectivity index (χ1) is 13.7. The Hall–Kier alpha value is -0.560. The first-order valence-electron chi connectivity index (χ1n) is 12.8. The largest absolute Gasteiger partial charge is 0.393 e. The third kappa shape index (κ3) is 2.81. The van der Waals surface area contributed by atoms with E-state index in [1.54, 1.807) is 5.57 Å². The molecular weight excluding hydrogens is 352 g/mol. The molecule has 0 bridgehead atoms. The van der Waals surface area contributed by atoms with Crippen LogP contribution in [0, 0.1) is 51.8 Å². The zero-order valence-electron chi connectivity index (χ0n) is 19.6. The normalized spacial score (nSPS) is 51.0. The first kappa shape index (κ1) is 20.3. The van der Waals surface area contributed by atoms with Gasteiger partial charge in [0.15, 0.2) is 0 Å². The van der Waals surface area contributed by atoms with Crippen molar-refractivity contribution in [2.75, 3.05) is 0 Å². The fraction of sp³-hybridized carbons (Fsp3) is 0.857. The number of aliphatic hydroxyl groups is 1. The van der Waals surface area contributed by atoms with E-state index in [9.17, 15) is 5.11 Å². The lowest BCUT2D eigenvalue weighted by molar-refractivity contribution is -0.122. The Labute approximate surface area is 179 Å². The Morgan fingerprint density at radius 3 is 2.62 bits per heavy atom. The smallest absolute Gasteiger partial charge is 0.0583 e. The second-order valence-electron chi connectivity index (χ2n) is 12.7. The molecule has 4 unspecified atom stereocenters. The van der Waals surface area contributed by atoms with Gasteiger partial charge in [-0.05, 0) is 84.9 Å². The molecule has 29 heavy (non-hydrogen) atoms. The fourth-order valence-electron chi connectivity index (χ4n) is 9.26. The third-order valence-electron chi connectivity index (χ3n) is 10.8. The lowest BCUT2D eigenvalue weighted by atomic mass is 9.42. The summed E-state index contributed by atoms with van der Waals surface area (Å²) in [6.45, 7) is 12.4. The highest BCUT2D eigenvalue weighted by Crippen LogP contribution is 2.76. The van der Waals surface area contributed by atoms with Gasteiger partial charge < -0.3 is 5.11 Å². The number of aliphatic hydroxyl groups excluding tert-OH is 1. The first-order valence-corrected chi connectivity index (χ1v) is 12.8. The molecule has 5 rings (SSSR count). The van der Waals surface area contributed by atoms with Gasteiger partial charge in [0.05, 0.1) is 6.10 Å². The Balaban J connectivity index is 1.34. The van der Waals surface area contributed by atoms with Gasteiger partial charge in [-0.2, -0.15) is 0 Å². The predicted octanol–water partition coefficient (Wildman–Crippen LogP) is 7.16. The van der Waals surface area contributed by atoms with Crippen LogP contribution in [0.4, 0.5) is 0 Å². The van der Waals surface area contributed by atoms with Gasteiger partial charge in [-0.15, -0.1) is 0 Å². The third-order valence-corrected chi connectivity index (χ3v) is 10.8. The Morgan fingerprint density at radius 1 is 1.07 bits per heavy atom. The Kier molecular flexibility index (Phi) is 4.71. The molecule has 1 N–H and O–H groups in total.